The van der Waals surface area contributed by atoms with Gasteiger partial charge in [0, 0.05) is 7.11 Å². The molecule has 3 aromatic rings. The van der Waals surface area contributed by atoms with Crippen LogP contribution in [0, 0.1) is 0 Å². The number of nitrogens with one attached hydrogen (secondary N) is 2. The predicted octanol–water partition coefficient (Wildman–Crippen LogP) is 1.18. The van der Waals surface area contributed by atoms with Gasteiger partial charge in [-0.25, -0.2) is 14.8 Å². The van der Waals surface area contributed by atoms with Crippen molar-refractivity contribution in [1.29, 1.82) is 0 Å². The van der Waals surface area contributed by atoms with Crippen molar-refractivity contribution in [1.82, 2.24) is 19.5 Å². The molecule has 0 aliphatic carbocycles. The molecule has 0 bridgehead atoms. The molecular weight excluding hydrogens is 270 g/mol. The number of nitrogens with zero attached hydrogens (tertiary/aromatic N) is 3. The van der Waals surface area contributed by atoms with Crippen LogP contribution in [-0.2, 0) is 11.3 Å². The van der Waals surface area contributed by atoms with E-state index in [1.54, 1.807) is 11.7 Å². The molecule has 0 aliphatic heterocycles. The van der Waals surface area contributed by atoms with Crippen LogP contribution < -0.4 is 11.0 Å². The zero-order valence-electron chi connectivity index (χ0n) is 11.5. The van der Waals surface area contributed by atoms with Crippen molar-refractivity contribution in [3.8, 4) is 0 Å². The summed E-state index contributed by atoms with van der Waals surface area (Å²) in [5.41, 5.74) is 1.97. The number of ether oxygens (including phenoxy) is 1. The summed E-state index contributed by atoms with van der Waals surface area (Å²) in [6, 6.07) is 9.76. The van der Waals surface area contributed by atoms with Crippen LogP contribution in [0.25, 0.3) is 11.2 Å². The Balaban J connectivity index is 2.03. The first-order chi connectivity index (χ1) is 10.3. The Hall–Kier alpha value is -2.67. The Labute approximate surface area is 120 Å². The number of anilines is 1. The third kappa shape index (κ3) is 2.63. The van der Waals surface area contributed by atoms with E-state index in [1.807, 2.05) is 30.3 Å². The second-order valence-corrected chi connectivity index (χ2v) is 4.53. The molecule has 0 fully saturated rings. The zero-order valence-corrected chi connectivity index (χ0v) is 11.5. The summed E-state index contributed by atoms with van der Waals surface area (Å²) < 4.78 is 6.54. The van der Waals surface area contributed by atoms with Gasteiger partial charge in [0.15, 0.2) is 11.5 Å². The molecule has 0 spiro atoms. The standard InChI is InChI=1S/C14H15N5O2/c1-21-9-17-12-11-13(16-8-15-12)19(14(20)18-11)7-10-5-3-2-4-6-10/h2-6,8H,7,9H2,1H3,(H,18,20)(H,15,16,17). The van der Waals surface area contributed by atoms with E-state index in [0.29, 0.717) is 30.3 Å². The molecule has 2 heterocycles. The summed E-state index contributed by atoms with van der Waals surface area (Å²) in [5.74, 6) is 0.547. The highest BCUT2D eigenvalue weighted by atomic mass is 16.5. The highest BCUT2D eigenvalue weighted by Gasteiger charge is 2.12. The average molecular weight is 285 g/mol. The van der Waals surface area contributed by atoms with Crippen LogP contribution in [0.2, 0.25) is 0 Å². The molecule has 0 atom stereocenters. The molecule has 0 radical (unpaired) electrons. The quantitative estimate of drug-likeness (QED) is 0.688. The normalized spacial score (nSPS) is 10.9. The lowest BCUT2D eigenvalue weighted by Crippen LogP contribution is -2.17. The van der Waals surface area contributed by atoms with Crippen molar-refractivity contribution >= 4 is 17.0 Å². The lowest BCUT2D eigenvalue weighted by atomic mass is 10.2. The molecular formula is C14H15N5O2. The van der Waals surface area contributed by atoms with E-state index in [1.165, 1.54) is 6.33 Å². The molecule has 2 aromatic heterocycles. The van der Waals surface area contributed by atoms with Gasteiger partial charge in [0.2, 0.25) is 0 Å². The number of H-pyrrole nitrogens is 1. The number of hydrogen-bond acceptors (Lipinski definition) is 5. The van der Waals surface area contributed by atoms with Gasteiger partial charge < -0.3 is 15.0 Å². The third-order valence-corrected chi connectivity index (χ3v) is 3.13. The van der Waals surface area contributed by atoms with Crippen molar-refractivity contribution < 1.29 is 4.74 Å². The van der Waals surface area contributed by atoms with Gasteiger partial charge in [-0.05, 0) is 5.56 Å². The molecule has 3 rings (SSSR count). The highest BCUT2D eigenvalue weighted by Crippen LogP contribution is 2.16. The molecule has 108 valence electrons. The van der Waals surface area contributed by atoms with Crippen molar-refractivity contribution in [3.63, 3.8) is 0 Å². The molecule has 0 aliphatic rings. The maximum atomic E-state index is 12.1. The molecule has 1 aromatic carbocycles. The smallest absolute Gasteiger partial charge is 0.328 e. The van der Waals surface area contributed by atoms with Crippen LogP contribution in [0.5, 0.6) is 0 Å². The minimum absolute atomic E-state index is 0.213. The first-order valence-corrected chi connectivity index (χ1v) is 6.50. The average Bonchev–Trinajstić information content (AvgIpc) is 2.83. The maximum Gasteiger partial charge on any atom is 0.328 e. The molecule has 7 nitrogen and oxygen atoms in total. The molecule has 0 amide bonds. The van der Waals surface area contributed by atoms with E-state index in [9.17, 15) is 4.79 Å². The largest absolute Gasteiger partial charge is 0.365 e. The van der Waals surface area contributed by atoms with E-state index < -0.39 is 0 Å². The first kappa shape index (κ1) is 13.3. The molecule has 2 N–H and O–H groups in total. The molecule has 0 saturated heterocycles. The van der Waals surface area contributed by atoms with Crippen LogP contribution in [-0.4, -0.2) is 33.4 Å². The van der Waals surface area contributed by atoms with E-state index in [-0.39, 0.29) is 5.69 Å². The van der Waals surface area contributed by atoms with Gasteiger partial charge in [0.25, 0.3) is 0 Å². The lowest BCUT2D eigenvalue weighted by Gasteiger charge is -2.05. The van der Waals surface area contributed by atoms with E-state index >= 15 is 0 Å². The molecule has 7 heteroatoms. The SMILES string of the molecule is COCNc1ncnc2c1[nH]c(=O)n2Cc1ccccc1. The fourth-order valence-electron chi connectivity index (χ4n) is 2.15. The van der Waals surface area contributed by atoms with Gasteiger partial charge in [0.1, 0.15) is 18.6 Å². The van der Waals surface area contributed by atoms with Gasteiger partial charge in [-0.1, -0.05) is 30.3 Å². The summed E-state index contributed by atoms with van der Waals surface area (Å²) in [6.45, 7) is 0.762. The van der Waals surface area contributed by atoms with Gasteiger partial charge in [0.05, 0.1) is 6.54 Å². The number of rotatable bonds is 5. The zero-order chi connectivity index (χ0) is 14.7. The second-order valence-electron chi connectivity index (χ2n) is 4.53. The van der Waals surface area contributed by atoms with Crippen molar-refractivity contribution in [2.24, 2.45) is 0 Å². The Morgan fingerprint density at radius 2 is 2.10 bits per heavy atom. The number of fused-ring (bicyclic) bond motifs is 1. The summed E-state index contributed by atoms with van der Waals surface area (Å²) >= 11 is 0. The Morgan fingerprint density at radius 3 is 2.86 bits per heavy atom. The number of hydrogen-bond donors (Lipinski definition) is 2. The van der Waals surface area contributed by atoms with E-state index in [0.717, 1.165) is 5.56 Å². The van der Waals surface area contributed by atoms with Crippen molar-refractivity contribution in [2.45, 2.75) is 6.54 Å². The topological polar surface area (TPSA) is 84.8 Å². The fourth-order valence-corrected chi connectivity index (χ4v) is 2.15. The van der Waals surface area contributed by atoms with E-state index in [2.05, 4.69) is 20.3 Å². The predicted molar refractivity (Wildman–Crippen MR) is 79.2 cm³/mol. The van der Waals surface area contributed by atoms with Gasteiger partial charge in [-0.2, -0.15) is 0 Å². The minimum atomic E-state index is -0.213. The third-order valence-electron chi connectivity index (χ3n) is 3.13. The number of benzene rings is 1. The monoisotopic (exact) mass is 285 g/mol. The Kier molecular flexibility index (Phi) is 3.65. The molecule has 0 saturated carbocycles. The van der Waals surface area contributed by atoms with Crippen LogP contribution in [0.1, 0.15) is 5.56 Å². The van der Waals surface area contributed by atoms with Crippen molar-refractivity contribution in [2.75, 3.05) is 19.2 Å². The number of methoxy groups -OCH3 is 1. The first-order valence-electron chi connectivity index (χ1n) is 6.50. The lowest BCUT2D eigenvalue weighted by molar-refractivity contribution is 0.221. The Morgan fingerprint density at radius 1 is 1.29 bits per heavy atom. The highest BCUT2D eigenvalue weighted by molar-refractivity contribution is 5.82. The molecule has 21 heavy (non-hydrogen) atoms. The van der Waals surface area contributed by atoms with Gasteiger partial charge in [-0.15, -0.1) is 0 Å². The van der Waals surface area contributed by atoms with Crippen LogP contribution in [0.3, 0.4) is 0 Å². The number of aromatic nitrogens is 4. The van der Waals surface area contributed by atoms with Gasteiger partial charge >= 0.3 is 5.69 Å². The maximum absolute atomic E-state index is 12.1. The van der Waals surface area contributed by atoms with Crippen LogP contribution in [0.4, 0.5) is 5.82 Å². The number of aromatic amines is 1. The van der Waals surface area contributed by atoms with Crippen LogP contribution >= 0.6 is 0 Å². The Bertz CT molecular complexity index is 794. The summed E-state index contributed by atoms with van der Waals surface area (Å²) in [7, 11) is 1.58. The summed E-state index contributed by atoms with van der Waals surface area (Å²) in [4.78, 5) is 23.3. The van der Waals surface area contributed by atoms with E-state index in [4.69, 9.17) is 4.74 Å². The molecule has 0 unspecified atom stereocenters. The summed E-state index contributed by atoms with van der Waals surface area (Å²) in [5, 5.41) is 2.98. The number of imidazole rings is 1. The van der Waals surface area contributed by atoms with Crippen LogP contribution in [0.15, 0.2) is 41.5 Å². The van der Waals surface area contributed by atoms with Crippen molar-refractivity contribution in [3.05, 3.63) is 52.7 Å². The minimum Gasteiger partial charge on any atom is -0.365 e. The summed E-state index contributed by atoms with van der Waals surface area (Å²) in [6.07, 6.45) is 1.43. The fraction of sp³-hybridized carbons (Fsp3) is 0.214. The second kappa shape index (κ2) is 5.76. The van der Waals surface area contributed by atoms with Gasteiger partial charge in [-0.3, -0.25) is 4.57 Å².